The number of hydrogen-bond acceptors (Lipinski definition) is 5. The van der Waals surface area contributed by atoms with Crippen LogP contribution in [0.1, 0.15) is 32.5 Å². The third kappa shape index (κ3) is 4.25. The van der Waals surface area contributed by atoms with E-state index in [2.05, 4.69) is 34.1 Å². The number of rotatable bonds is 6. The minimum atomic E-state index is -0.488. The van der Waals surface area contributed by atoms with Crippen molar-refractivity contribution in [3.8, 4) is 5.69 Å². The van der Waals surface area contributed by atoms with Crippen LogP contribution >= 0.6 is 11.6 Å². The van der Waals surface area contributed by atoms with E-state index in [-0.39, 0.29) is 29.1 Å². The van der Waals surface area contributed by atoms with Crippen LogP contribution in [0.4, 0.5) is 21.0 Å². The van der Waals surface area contributed by atoms with Gasteiger partial charge in [0, 0.05) is 31.7 Å². The molecule has 1 aliphatic rings. The quantitative estimate of drug-likeness (QED) is 0.588. The first kappa shape index (κ1) is 22.0. The summed E-state index contributed by atoms with van der Waals surface area (Å²) in [6, 6.07) is 6.07. The summed E-state index contributed by atoms with van der Waals surface area (Å²) in [5, 5.41) is 3.31. The van der Waals surface area contributed by atoms with Crippen molar-refractivity contribution in [3.05, 3.63) is 59.5 Å². The zero-order valence-electron chi connectivity index (χ0n) is 18.3. The average molecular weight is 458 g/mol. The maximum absolute atomic E-state index is 13.8. The molecule has 0 bridgehead atoms. The highest BCUT2D eigenvalue weighted by Crippen LogP contribution is 2.27. The molecule has 0 saturated carbocycles. The zero-order chi connectivity index (χ0) is 23.0. The van der Waals surface area contributed by atoms with Gasteiger partial charge in [0.15, 0.2) is 0 Å². The van der Waals surface area contributed by atoms with Crippen LogP contribution in [0.25, 0.3) is 5.69 Å². The number of urea groups is 1. The molecule has 32 heavy (non-hydrogen) atoms. The van der Waals surface area contributed by atoms with Crippen molar-refractivity contribution in [2.45, 2.75) is 32.9 Å². The molecule has 1 aromatic carbocycles. The molecule has 8 nitrogen and oxygen atoms in total. The van der Waals surface area contributed by atoms with Crippen molar-refractivity contribution in [2.24, 2.45) is 5.92 Å². The van der Waals surface area contributed by atoms with Crippen LogP contribution in [-0.2, 0) is 0 Å². The summed E-state index contributed by atoms with van der Waals surface area (Å²) in [6.07, 6.45) is 5.05. The molecule has 1 saturated heterocycles. The van der Waals surface area contributed by atoms with E-state index < -0.39 is 5.82 Å². The maximum Gasteiger partial charge on any atom is 0.325 e. The van der Waals surface area contributed by atoms with Crippen molar-refractivity contribution >= 4 is 29.4 Å². The number of carbonyl (C=O) groups excluding carboxylic acids is 1. The Morgan fingerprint density at radius 3 is 2.72 bits per heavy atom. The number of halogens is 2. The van der Waals surface area contributed by atoms with Gasteiger partial charge >= 0.3 is 6.03 Å². The lowest BCUT2D eigenvalue weighted by Crippen LogP contribution is -2.38. The van der Waals surface area contributed by atoms with E-state index in [1.807, 2.05) is 6.92 Å². The topological polar surface area (TPSA) is 79.2 Å². The van der Waals surface area contributed by atoms with Crippen LogP contribution in [-0.4, -0.2) is 50.1 Å². The molecule has 3 aromatic rings. The fourth-order valence-electron chi connectivity index (χ4n) is 3.71. The second-order valence-electron chi connectivity index (χ2n) is 8.25. The van der Waals surface area contributed by atoms with E-state index in [0.29, 0.717) is 24.0 Å². The van der Waals surface area contributed by atoms with Gasteiger partial charge in [-0.3, -0.25) is 4.90 Å². The molecule has 168 valence electrons. The fourth-order valence-corrected chi connectivity index (χ4v) is 3.83. The standard InChI is InChI=1S/C22H25ClFN7O/c1-13(2)19-11-29(4)22(32)31(19)20-7-8-25-21(28-20)27-14(3)18-10-30(12-26-18)15-5-6-16(23)17(24)9-15/h5-10,12-14,19H,11H2,1-4H3,(H,25,27,28)/t14-,19?/m0/s1. The number of nitrogens with zero attached hydrogens (tertiary/aromatic N) is 6. The van der Waals surface area contributed by atoms with Crippen LogP contribution in [0.3, 0.4) is 0 Å². The number of amides is 2. The summed E-state index contributed by atoms with van der Waals surface area (Å²) in [7, 11) is 1.79. The SMILES string of the molecule is CC(C)C1CN(C)C(=O)N1c1ccnc(N[C@@H](C)c2cn(-c3ccc(Cl)c(F)c3)cn2)n1. The molecule has 1 fully saturated rings. The van der Waals surface area contributed by atoms with Crippen molar-refractivity contribution in [1.82, 2.24) is 24.4 Å². The number of anilines is 2. The minimum absolute atomic E-state index is 0.0446. The molecule has 0 radical (unpaired) electrons. The van der Waals surface area contributed by atoms with E-state index in [0.717, 1.165) is 5.69 Å². The Morgan fingerprint density at radius 1 is 1.22 bits per heavy atom. The summed E-state index contributed by atoms with van der Waals surface area (Å²) in [4.78, 5) is 29.4. The molecule has 0 spiro atoms. The number of carbonyl (C=O) groups is 1. The van der Waals surface area contributed by atoms with Gasteiger partial charge in [0.25, 0.3) is 0 Å². The molecule has 1 unspecified atom stereocenters. The summed E-state index contributed by atoms with van der Waals surface area (Å²) < 4.78 is 15.5. The normalized spacial score (nSPS) is 17.3. The summed E-state index contributed by atoms with van der Waals surface area (Å²) in [5.74, 6) is 0.755. The molecular formula is C22H25ClFN7O. The van der Waals surface area contributed by atoms with Gasteiger partial charge in [0.2, 0.25) is 5.95 Å². The van der Waals surface area contributed by atoms with Gasteiger partial charge in [-0.15, -0.1) is 0 Å². The Labute approximate surface area is 191 Å². The van der Waals surface area contributed by atoms with Gasteiger partial charge in [-0.25, -0.2) is 19.2 Å². The number of benzene rings is 1. The van der Waals surface area contributed by atoms with E-state index >= 15 is 0 Å². The van der Waals surface area contributed by atoms with Crippen molar-refractivity contribution < 1.29 is 9.18 Å². The second kappa shape index (κ2) is 8.74. The fraction of sp³-hybridized carbons (Fsp3) is 0.364. The van der Waals surface area contributed by atoms with Gasteiger partial charge < -0.3 is 14.8 Å². The number of likely N-dealkylation sites (N-methyl/N-ethyl adjacent to an activating group) is 1. The van der Waals surface area contributed by atoms with Crippen LogP contribution in [0.5, 0.6) is 0 Å². The van der Waals surface area contributed by atoms with E-state index in [9.17, 15) is 9.18 Å². The van der Waals surface area contributed by atoms with Crippen LogP contribution in [0.2, 0.25) is 5.02 Å². The highest BCUT2D eigenvalue weighted by atomic mass is 35.5. The molecule has 1 aliphatic heterocycles. The van der Waals surface area contributed by atoms with Crippen molar-refractivity contribution in [1.29, 1.82) is 0 Å². The summed E-state index contributed by atoms with van der Waals surface area (Å²) in [5.41, 5.74) is 1.35. The molecule has 2 aromatic heterocycles. The van der Waals surface area contributed by atoms with Crippen molar-refractivity contribution in [2.75, 3.05) is 23.8 Å². The molecule has 3 heterocycles. The highest BCUT2D eigenvalue weighted by Gasteiger charge is 2.38. The zero-order valence-corrected chi connectivity index (χ0v) is 19.1. The largest absolute Gasteiger partial charge is 0.346 e. The number of aromatic nitrogens is 4. The van der Waals surface area contributed by atoms with Crippen molar-refractivity contribution in [3.63, 3.8) is 0 Å². The molecular weight excluding hydrogens is 433 g/mol. The first-order valence-corrected chi connectivity index (χ1v) is 10.8. The van der Waals surface area contributed by atoms with Gasteiger partial charge in [0.05, 0.1) is 29.1 Å². The lowest BCUT2D eigenvalue weighted by atomic mass is 10.0. The van der Waals surface area contributed by atoms with Gasteiger partial charge in [-0.2, -0.15) is 4.98 Å². The lowest BCUT2D eigenvalue weighted by Gasteiger charge is -2.25. The number of imidazole rings is 1. The van der Waals surface area contributed by atoms with E-state index in [1.165, 1.54) is 12.1 Å². The number of nitrogens with one attached hydrogen (secondary N) is 1. The molecule has 0 aliphatic carbocycles. The van der Waals surface area contributed by atoms with E-state index in [4.69, 9.17) is 11.6 Å². The monoisotopic (exact) mass is 457 g/mol. The molecule has 2 atom stereocenters. The van der Waals surface area contributed by atoms with Crippen LogP contribution in [0.15, 0.2) is 43.0 Å². The summed E-state index contributed by atoms with van der Waals surface area (Å²) in [6.45, 7) is 6.77. The molecule has 2 amide bonds. The molecule has 10 heteroatoms. The first-order valence-electron chi connectivity index (χ1n) is 10.4. The van der Waals surface area contributed by atoms with Gasteiger partial charge in [-0.05, 0) is 37.1 Å². The Balaban J connectivity index is 1.52. The highest BCUT2D eigenvalue weighted by molar-refractivity contribution is 6.30. The lowest BCUT2D eigenvalue weighted by molar-refractivity contribution is 0.229. The Hall–Kier alpha value is -3.20. The Morgan fingerprint density at radius 2 is 2.00 bits per heavy atom. The summed E-state index contributed by atoms with van der Waals surface area (Å²) >= 11 is 5.77. The predicted octanol–water partition coefficient (Wildman–Crippen LogP) is 4.52. The first-order chi connectivity index (χ1) is 15.2. The number of hydrogen-bond donors (Lipinski definition) is 1. The van der Waals surface area contributed by atoms with Gasteiger partial charge in [0.1, 0.15) is 11.6 Å². The average Bonchev–Trinajstić information content (AvgIpc) is 3.36. The minimum Gasteiger partial charge on any atom is -0.346 e. The third-order valence-electron chi connectivity index (χ3n) is 5.58. The Kier molecular flexibility index (Phi) is 6.01. The third-order valence-corrected chi connectivity index (χ3v) is 5.88. The maximum atomic E-state index is 13.8. The smallest absolute Gasteiger partial charge is 0.325 e. The van der Waals surface area contributed by atoms with Gasteiger partial charge in [-0.1, -0.05) is 25.4 Å². The Bertz CT molecular complexity index is 1130. The van der Waals surface area contributed by atoms with Crippen LogP contribution in [0, 0.1) is 11.7 Å². The second-order valence-corrected chi connectivity index (χ2v) is 8.66. The molecule has 4 rings (SSSR count). The van der Waals surface area contributed by atoms with E-state index in [1.54, 1.807) is 52.3 Å². The molecule has 1 N–H and O–H groups in total. The predicted molar refractivity (Wildman–Crippen MR) is 122 cm³/mol. The van der Waals surface area contributed by atoms with Crippen LogP contribution < -0.4 is 10.2 Å².